The Labute approximate surface area is 182 Å². The molecule has 0 bridgehead atoms. The van der Waals surface area contributed by atoms with E-state index in [1.807, 2.05) is 26.0 Å². The van der Waals surface area contributed by atoms with Gasteiger partial charge in [-0.2, -0.15) is 0 Å². The van der Waals surface area contributed by atoms with Crippen LogP contribution in [0.15, 0.2) is 54.8 Å². The number of ether oxygens (including phenoxy) is 1. The molecule has 0 radical (unpaired) electrons. The van der Waals surface area contributed by atoms with Crippen LogP contribution in [0.25, 0.3) is 0 Å². The first kappa shape index (κ1) is 21.0. The average Bonchev–Trinajstić information content (AvgIpc) is 3.50. The van der Waals surface area contributed by atoms with Gasteiger partial charge in [-0.25, -0.2) is 9.97 Å². The fourth-order valence-electron chi connectivity index (χ4n) is 4.33. The Hall–Kier alpha value is -3.28. The van der Waals surface area contributed by atoms with Crippen molar-refractivity contribution in [2.45, 2.75) is 33.6 Å². The first-order chi connectivity index (χ1) is 14.9. The number of anilines is 1. The summed E-state index contributed by atoms with van der Waals surface area (Å²) < 4.78 is 6.15. The van der Waals surface area contributed by atoms with Crippen LogP contribution in [0, 0.1) is 31.1 Å². The van der Waals surface area contributed by atoms with E-state index in [9.17, 15) is 9.59 Å². The molecule has 2 aliphatic carbocycles. The number of carbonyl (C=O) groups is 2. The number of Topliss-reactive ketones (excluding diaryl/α,β-unsaturated/α-hetero) is 1. The van der Waals surface area contributed by atoms with Crippen molar-refractivity contribution in [1.82, 2.24) is 9.97 Å². The second-order valence-corrected chi connectivity index (χ2v) is 8.43. The van der Waals surface area contributed by atoms with Gasteiger partial charge < -0.3 is 10.1 Å². The van der Waals surface area contributed by atoms with Crippen LogP contribution in [-0.2, 0) is 4.79 Å². The Morgan fingerprint density at radius 2 is 2.10 bits per heavy atom. The monoisotopic (exact) mass is 417 g/mol. The van der Waals surface area contributed by atoms with Crippen LogP contribution in [0.4, 0.5) is 5.69 Å². The van der Waals surface area contributed by atoms with Crippen LogP contribution < -0.4 is 10.1 Å². The maximum Gasteiger partial charge on any atom is 0.228 e. The van der Waals surface area contributed by atoms with Crippen LogP contribution >= 0.6 is 0 Å². The zero-order valence-electron chi connectivity index (χ0n) is 18.1. The van der Waals surface area contributed by atoms with E-state index >= 15 is 0 Å². The lowest BCUT2D eigenvalue weighted by atomic mass is 9.82. The number of allylic oxidation sites excluding steroid dienone is 4. The lowest BCUT2D eigenvalue weighted by Gasteiger charge is -2.26. The topological polar surface area (TPSA) is 81.2 Å². The number of amides is 1. The van der Waals surface area contributed by atoms with E-state index < -0.39 is 0 Å². The second kappa shape index (κ2) is 8.46. The fourth-order valence-corrected chi connectivity index (χ4v) is 4.33. The Balaban J connectivity index is 1.51. The summed E-state index contributed by atoms with van der Waals surface area (Å²) in [6.07, 6.45) is 11.7. The summed E-state index contributed by atoms with van der Waals surface area (Å²) in [7, 11) is 0. The summed E-state index contributed by atoms with van der Waals surface area (Å²) in [6.45, 7) is 5.69. The van der Waals surface area contributed by atoms with Crippen molar-refractivity contribution in [3.8, 4) is 5.75 Å². The smallest absolute Gasteiger partial charge is 0.228 e. The van der Waals surface area contributed by atoms with E-state index in [-0.39, 0.29) is 28.9 Å². The minimum Gasteiger partial charge on any atom is -0.489 e. The molecule has 1 fully saturated rings. The van der Waals surface area contributed by atoms with Crippen LogP contribution in [0.2, 0.25) is 0 Å². The van der Waals surface area contributed by atoms with Crippen molar-refractivity contribution in [1.29, 1.82) is 0 Å². The molecule has 0 aliphatic heterocycles. The summed E-state index contributed by atoms with van der Waals surface area (Å²) in [5, 5.41) is 3.00. The Morgan fingerprint density at radius 1 is 1.26 bits per heavy atom. The third-order valence-electron chi connectivity index (χ3n) is 6.24. The third kappa shape index (κ3) is 4.43. The second-order valence-electron chi connectivity index (χ2n) is 8.43. The third-order valence-corrected chi connectivity index (χ3v) is 6.24. The highest BCUT2D eigenvalue weighted by molar-refractivity contribution is 5.98. The number of hydrogen-bond acceptors (Lipinski definition) is 5. The van der Waals surface area contributed by atoms with Gasteiger partial charge in [0.2, 0.25) is 5.91 Å². The standard InChI is InChI=1S/C25H27N3O3/c1-16-23(14-26-18(3)27-16)31-15-25(20-9-5-4-6-10-20)13-22(25)24(30)28-21-11-7-8-19(12-21)17(2)29/h4-9,11-12,14,20,22H,10,13,15H2,1-3H3,(H,28,30)/t20?,22-,25+/m0/s1. The first-order valence-electron chi connectivity index (χ1n) is 10.6. The molecule has 6 heteroatoms. The number of nitrogens with zero attached hydrogens (tertiary/aromatic N) is 2. The molecule has 1 heterocycles. The van der Waals surface area contributed by atoms with Crippen molar-refractivity contribution in [2.24, 2.45) is 17.3 Å². The van der Waals surface area contributed by atoms with E-state index in [2.05, 4.69) is 27.4 Å². The largest absolute Gasteiger partial charge is 0.489 e. The summed E-state index contributed by atoms with van der Waals surface area (Å²) in [6, 6.07) is 7.06. The molecule has 6 nitrogen and oxygen atoms in total. The molecule has 1 unspecified atom stereocenters. The van der Waals surface area contributed by atoms with Gasteiger partial charge in [0.15, 0.2) is 11.5 Å². The van der Waals surface area contributed by atoms with Gasteiger partial charge in [-0.15, -0.1) is 0 Å². The van der Waals surface area contributed by atoms with E-state index in [1.165, 1.54) is 6.92 Å². The van der Waals surface area contributed by atoms with Crippen molar-refractivity contribution in [2.75, 3.05) is 11.9 Å². The molecular weight excluding hydrogens is 390 g/mol. The van der Waals surface area contributed by atoms with Crippen LogP contribution in [0.3, 0.4) is 0 Å². The molecule has 1 amide bonds. The normalized spacial score (nSPS) is 24.0. The van der Waals surface area contributed by atoms with E-state index in [1.54, 1.807) is 30.5 Å². The fraction of sp³-hybridized carbons (Fsp3) is 0.360. The molecule has 31 heavy (non-hydrogen) atoms. The number of carbonyl (C=O) groups excluding carboxylic acids is 2. The quantitative estimate of drug-likeness (QED) is 0.673. The van der Waals surface area contributed by atoms with Gasteiger partial charge in [0, 0.05) is 22.6 Å². The maximum atomic E-state index is 13.1. The molecule has 1 saturated carbocycles. The molecular formula is C25H27N3O3. The molecule has 1 aromatic carbocycles. The number of aryl methyl sites for hydroxylation is 2. The lowest BCUT2D eigenvalue weighted by molar-refractivity contribution is -0.118. The van der Waals surface area contributed by atoms with Gasteiger partial charge in [-0.3, -0.25) is 9.59 Å². The van der Waals surface area contributed by atoms with Crippen LogP contribution in [0.5, 0.6) is 5.75 Å². The summed E-state index contributed by atoms with van der Waals surface area (Å²) in [4.78, 5) is 33.4. The number of ketones is 1. The van der Waals surface area contributed by atoms with Crippen LogP contribution in [-0.4, -0.2) is 28.3 Å². The molecule has 2 aromatic rings. The number of benzene rings is 1. The highest BCUT2D eigenvalue weighted by Crippen LogP contribution is 2.60. The number of rotatable bonds is 7. The molecule has 0 spiro atoms. The number of nitrogens with one attached hydrogen (secondary N) is 1. The van der Waals surface area contributed by atoms with Gasteiger partial charge in [-0.05, 0) is 51.7 Å². The predicted molar refractivity (Wildman–Crippen MR) is 119 cm³/mol. The predicted octanol–water partition coefficient (Wildman–Crippen LogP) is 4.45. The van der Waals surface area contributed by atoms with Crippen molar-refractivity contribution < 1.29 is 14.3 Å². The summed E-state index contributed by atoms with van der Waals surface area (Å²) in [5.74, 6) is 1.35. The van der Waals surface area contributed by atoms with Gasteiger partial charge >= 0.3 is 0 Å². The minimum absolute atomic E-state index is 0.0277. The van der Waals surface area contributed by atoms with E-state index in [0.717, 1.165) is 18.5 Å². The van der Waals surface area contributed by atoms with Crippen molar-refractivity contribution >= 4 is 17.4 Å². The van der Waals surface area contributed by atoms with Gasteiger partial charge in [0.25, 0.3) is 0 Å². The van der Waals surface area contributed by atoms with Gasteiger partial charge in [0.1, 0.15) is 5.82 Å². The molecule has 1 N–H and O–H groups in total. The zero-order valence-corrected chi connectivity index (χ0v) is 18.1. The summed E-state index contributed by atoms with van der Waals surface area (Å²) in [5.41, 5.74) is 1.74. The van der Waals surface area contributed by atoms with Crippen molar-refractivity contribution in [3.05, 3.63) is 71.8 Å². The van der Waals surface area contributed by atoms with Crippen LogP contribution in [0.1, 0.15) is 41.6 Å². The number of hydrogen-bond donors (Lipinski definition) is 1. The Kier molecular flexibility index (Phi) is 5.72. The molecule has 2 aliphatic rings. The van der Waals surface area contributed by atoms with Gasteiger partial charge in [0.05, 0.1) is 18.5 Å². The first-order valence-corrected chi connectivity index (χ1v) is 10.6. The summed E-state index contributed by atoms with van der Waals surface area (Å²) >= 11 is 0. The molecule has 1 aromatic heterocycles. The highest BCUT2D eigenvalue weighted by atomic mass is 16.5. The van der Waals surface area contributed by atoms with Gasteiger partial charge in [-0.1, -0.05) is 36.4 Å². The maximum absolute atomic E-state index is 13.1. The lowest BCUT2D eigenvalue weighted by Crippen LogP contribution is -2.29. The van der Waals surface area contributed by atoms with E-state index in [4.69, 9.17) is 4.74 Å². The van der Waals surface area contributed by atoms with E-state index in [0.29, 0.717) is 29.4 Å². The average molecular weight is 418 g/mol. The highest BCUT2D eigenvalue weighted by Gasteiger charge is 2.62. The zero-order chi connectivity index (χ0) is 22.0. The Morgan fingerprint density at radius 3 is 2.81 bits per heavy atom. The number of aromatic nitrogens is 2. The molecule has 4 rings (SSSR count). The Bertz CT molecular complexity index is 1080. The van der Waals surface area contributed by atoms with Crippen molar-refractivity contribution in [3.63, 3.8) is 0 Å². The molecule has 0 saturated heterocycles. The molecule has 3 atom stereocenters. The minimum atomic E-state index is -0.277. The molecule has 160 valence electrons. The SMILES string of the molecule is CC(=O)c1cccc(NC(=O)[C@@H]2C[C@@]2(COc2cnc(C)nc2C)C2C=CC=CC2)c1.